The first-order valence-corrected chi connectivity index (χ1v) is 28.6. The highest BCUT2D eigenvalue weighted by Gasteiger charge is 2.26. The summed E-state index contributed by atoms with van der Waals surface area (Å²) < 4.78 is 8.38. The van der Waals surface area contributed by atoms with Crippen molar-refractivity contribution in [3.8, 4) is 0 Å². The first-order valence-electron chi connectivity index (χ1n) is 26.2. The van der Waals surface area contributed by atoms with Crippen LogP contribution in [0, 0.1) is 11.8 Å². The maximum absolute atomic E-state index is 10.2. The molecule has 410 valence electrons. The molecule has 0 amide bonds. The lowest BCUT2D eigenvalue weighted by Crippen LogP contribution is -2.36. The summed E-state index contributed by atoms with van der Waals surface area (Å²) in [5.74, 6) is 4.79. The Morgan fingerprint density at radius 2 is 0.962 bits per heavy atom. The maximum atomic E-state index is 10.2. The highest BCUT2D eigenvalue weighted by atomic mass is 79.9. The number of imidazole rings is 3. The standard InChI is InChI=1S/C19H23BrN6O.C18H21BrN6O.C17H21BrN6O/c20-16-10-23-19-18(22-9-13-4-3-7-21-8-13)25-17(11-26(16)19)24-15-6-2-1-5-14(15)12-27;19-15-10-22-18-17(21-9-12-4-3-7-20-8-12)24-16(11-25(15)18)23-13-5-1-2-6-14(13)26;1-11(2)13(10-25)22-15-9-24-14(18)8-21-17(24)16(23-15)20-7-12-4-3-5-19-6-12/h3-4,7-8,10-11,14-15,24,27H,1-2,5-6,9,12H2,(H,22,25);3-4,7-8,10-11,13-14,23,26H,1-2,5-6,9H2,(H,21,24);3-6,8-9,11,13,22,25H,7,10H2,1-2H3,(H,20,23). The summed E-state index contributed by atoms with van der Waals surface area (Å²) in [4.78, 5) is 39.8. The van der Waals surface area contributed by atoms with Crippen molar-refractivity contribution < 1.29 is 15.3 Å². The third-order valence-corrected chi connectivity index (χ3v) is 15.5. The minimum atomic E-state index is -0.334. The van der Waals surface area contributed by atoms with Crippen molar-refractivity contribution in [1.82, 2.24) is 58.1 Å². The molecular formula is C54H65Br3N18O3. The fourth-order valence-corrected chi connectivity index (χ4v) is 10.5. The third-order valence-electron chi connectivity index (χ3n) is 13.8. The van der Waals surface area contributed by atoms with Crippen LogP contribution in [-0.4, -0.2) is 111 Å². The second-order valence-electron chi connectivity index (χ2n) is 19.7. The lowest BCUT2D eigenvalue weighted by atomic mass is 9.85. The Kier molecular flexibility index (Phi) is 19.7. The summed E-state index contributed by atoms with van der Waals surface area (Å²) >= 11 is 10.6. The van der Waals surface area contributed by atoms with Gasteiger partial charge in [-0.1, -0.05) is 57.7 Å². The van der Waals surface area contributed by atoms with Crippen LogP contribution in [0.2, 0.25) is 0 Å². The van der Waals surface area contributed by atoms with E-state index in [4.69, 9.17) is 9.97 Å². The molecule has 2 fully saturated rings. The van der Waals surface area contributed by atoms with E-state index in [0.717, 1.165) is 97.6 Å². The molecule has 24 heteroatoms. The summed E-state index contributed by atoms with van der Waals surface area (Å²) in [5, 5.41) is 49.8. The number of aliphatic hydroxyl groups is 3. The van der Waals surface area contributed by atoms with Gasteiger partial charge in [-0.2, -0.15) is 0 Å². The molecule has 0 aromatic carbocycles. The number of pyridine rings is 3. The van der Waals surface area contributed by atoms with Crippen LogP contribution in [-0.2, 0) is 19.6 Å². The fourth-order valence-electron chi connectivity index (χ4n) is 9.40. The highest BCUT2D eigenvalue weighted by molar-refractivity contribution is 9.11. The van der Waals surface area contributed by atoms with Gasteiger partial charge in [0, 0.05) is 75.4 Å². The monoisotopic (exact) mass is 1250 g/mol. The van der Waals surface area contributed by atoms with E-state index >= 15 is 0 Å². The minimum Gasteiger partial charge on any atom is -0.396 e. The van der Waals surface area contributed by atoms with Crippen molar-refractivity contribution in [3.05, 3.63) is 141 Å². The van der Waals surface area contributed by atoms with Crippen molar-refractivity contribution in [2.45, 2.75) is 109 Å². The Labute approximate surface area is 477 Å². The number of hydrogen-bond donors (Lipinski definition) is 9. The molecule has 21 nitrogen and oxygen atoms in total. The van der Waals surface area contributed by atoms with Gasteiger partial charge >= 0.3 is 0 Å². The zero-order chi connectivity index (χ0) is 54.4. The molecule has 2 saturated carbocycles. The zero-order valence-electron chi connectivity index (χ0n) is 43.4. The normalized spacial score (nSPS) is 17.7. The van der Waals surface area contributed by atoms with E-state index in [1.807, 2.05) is 86.8 Å². The quantitative estimate of drug-likeness (QED) is 0.0387. The summed E-state index contributed by atoms with van der Waals surface area (Å²) in [6.07, 6.45) is 29.8. The highest BCUT2D eigenvalue weighted by Crippen LogP contribution is 2.30. The van der Waals surface area contributed by atoms with Gasteiger partial charge in [-0.25, -0.2) is 29.9 Å². The van der Waals surface area contributed by atoms with Crippen molar-refractivity contribution in [2.75, 3.05) is 45.1 Å². The topological polar surface area (TPSA) is 262 Å². The van der Waals surface area contributed by atoms with Gasteiger partial charge in [0.1, 0.15) is 31.3 Å². The van der Waals surface area contributed by atoms with Crippen molar-refractivity contribution in [2.24, 2.45) is 11.8 Å². The van der Waals surface area contributed by atoms with Gasteiger partial charge in [0.15, 0.2) is 34.4 Å². The molecule has 0 bridgehead atoms. The van der Waals surface area contributed by atoms with Crippen molar-refractivity contribution in [3.63, 3.8) is 0 Å². The van der Waals surface area contributed by atoms with Crippen LogP contribution in [0.4, 0.5) is 34.9 Å². The van der Waals surface area contributed by atoms with Gasteiger partial charge in [-0.15, -0.1) is 0 Å². The molecule has 5 atom stereocenters. The number of aromatic nitrogens is 12. The van der Waals surface area contributed by atoms with Gasteiger partial charge in [-0.3, -0.25) is 28.2 Å². The molecule has 78 heavy (non-hydrogen) atoms. The zero-order valence-corrected chi connectivity index (χ0v) is 48.1. The maximum Gasteiger partial charge on any atom is 0.181 e. The SMILES string of the molecule is CC(C)C(CO)Nc1cn2c(Br)cnc2c(NCc2cccnc2)n1.OC1CCCCC1Nc1cn2c(Br)cnc2c(NCc2cccnc2)n1.OCC1CCCCC1Nc1cn2c(Br)cnc2c(NCc2cccnc2)n1. The molecule has 9 N–H and O–H groups in total. The van der Waals surface area contributed by atoms with E-state index in [-0.39, 0.29) is 49.3 Å². The Hall–Kier alpha value is -6.57. The van der Waals surface area contributed by atoms with E-state index in [1.54, 1.807) is 37.2 Å². The van der Waals surface area contributed by atoms with Gasteiger partial charge in [0.25, 0.3) is 0 Å². The second kappa shape index (κ2) is 27.3. The largest absolute Gasteiger partial charge is 0.396 e. The molecule has 2 aliphatic carbocycles. The summed E-state index contributed by atoms with van der Waals surface area (Å²) in [6, 6.07) is 12.0. The predicted molar refractivity (Wildman–Crippen MR) is 314 cm³/mol. The van der Waals surface area contributed by atoms with E-state index < -0.39 is 0 Å². The summed E-state index contributed by atoms with van der Waals surface area (Å²) in [7, 11) is 0. The van der Waals surface area contributed by atoms with Crippen LogP contribution in [0.3, 0.4) is 0 Å². The molecule has 0 spiro atoms. The number of fused-ring (bicyclic) bond motifs is 3. The summed E-state index contributed by atoms with van der Waals surface area (Å²) in [5.41, 5.74) is 5.44. The molecule has 0 radical (unpaired) electrons. The van der Waals surface area contributed by atoms with Gasteiger partial charge < -0.3 is 47.2 Å². The average Bonchev–Trinajstić information content (AvgIpc) is 4.19. The Balaban J connectivity index is 0.000000142. The van der Waals surface area contributed by atoms with Crippen LogP contribution in [0.1, 0.15) is 81.9 Å². The second-order valence-corrected chi connectivity index (χ2v) is 22.1. The first-order chi connectivity index (χ1) is 38.0. The molecule has 9 aromatic rings. The Morgan fingerprint density at radius 1 is 0.551 bits per heavy atom. The number of rotatable bonds is 18. The Bertz CT molecular complexity index is 3310. The Morgan fingerprint density at radius 3 is 1.37 bits per heavy atom. The number of anilines is 6. The van der Waals surface area contributed by atoms with E-state index in [1.165, 1.54) is 12.8 Å². The lowest BCUT2D eigenvalue weighted by molar-refractivity contribution is 0.116. The molecule has 9 heterocycles. The van der Waals surface area contributed by atoms with Crippen molar-refractivity contribution in [1.29, 1.82) is 0 Å². The van der Waals surface area contributed by atoms with Crippen LogP contribution in [0.15, 0.2) is 125 Å². The van der Waals surface area contributed by atoms with Gasteiger partial charge in [0.05, 0.1) is 62.0 Å². The van der Waals surface area contributed by atoms with E-state index in [0.29, 0.717) is 42.9 Å². The molecule has 0 aliphatic heterocycles. The van der Waals surface area contributed by atoms with Gasteiger partial charge in [0.2, 0.25) is 0 Å². The van der Waals surface area contributed by atoms with E-state index in [9.17, 15) is 15.3 Å². The molecule has 5 unspecified atom stereocenters. The minimum absolute atomic E-state index is 0.0298. The number of aliphatic hydroxyl groups excluding tert-OH is 3. The average molecular weight is 1250 g/mol. The molecular weight excluding hydrogens is 1190 g/mol. The number of nitrogens with one attached hydrogen (secondary N) is 6. The molecule has 0 saturated heterocycles. The molecule has 2 aliphatic rings. The molecule has 9 aromatic heterocycles. The van der Waals surface area contributed by atoms with Crippen LogP contribution in [0.5, 0.6) is 0 Å². The van der Waals surface area contributed by atoms with Crippen LogP contribution < -0.4 is 31.9 Å². The smallest absolute Gasteiger partial charge is 0.181 e. The number of hydrogen-bond acceptors (Lipinski definition) is 18. The summed E-state index contributed by atoms with van der Waals surface area (Å²) in [6.45, 7) is 6.19. The predicted octanol–water partition coefficient (Wildman–Crippen LogP) is 9.60. The first kappa shape index (κ1) is 56.2. The molecule has 11 rings (SSSR count). The van der Waals surface area contributed by atoms with Crippen molar-refractivity contribution >= 4 is 99.6 Å². The number of nitrogens with zero attached hydrogens (tertiary/aromatic N) is 12. The lowest BCUT2D eigenvalue weighted by Gasteiger charge is -2.31. The fraction of sp³-hybridized carbons (Fsp3) is 0.389. The van der Waals surface area contributed by atoms with Crippen LogP contribution >= 0.6 is 47.8 Å². The van der Waals surface area contributed by atoms with Gasteiger partial charge in [-0.05, 0) is 114 Å². The van der Waals surface area contributed by atoms with Crippen LogP contribution in [0.25, 0.3) is 16.9 Å². The number of halogens is 3. The van der Waals surface area contributed by atoms with E-state index in [2.05, 4.69) is 128 Å². The third kappa shape index (κ3) is 14.6.